The molecule has 0 saturated carbocycles. The van der Waals surface area contributed by atoms with Crippen LogP contribution in [0.2, 0.25) is 5.02 Å². The Morgan fingerprint density at radius 1 is 1.28 bits per heavy atom. The lowest BCUT2D eigenvalue weighted by Crippen LogP contribution is -2.21. The lowest BCUT2D eigenvalue weighted by Gasteiger charge is -2.07. The number of hydrogen-bond acceptors (Lipinski definition) is 5. The van der Waals surface area contributed by atoms with Crippen LogP contribution in [0, 0.1) is 0 Å². The molecule has 130 valence electrons. The summed E-state index contributed by atoms with van der Waals surface area (Å²) in [4.78, 5) is 24.2. The first-order chi connectivity index (χ1) is 11.7. The summed E-state index contributed by atoms with van der Waals surface area (Å²) >= 11 is 6.17. The number of nitrogens with one attached hydrogen (secondary N) is 1. The maximum Gasteiger partial charge on any atom is 0.418 e. The number of hydrogen-bond donors (Lipinski definition) is 2. The lowest BCUT2D eigenvalue weighted by atomic mass is 10.1. The summed E-state index contributed by atoms with van der Waals surface area (Å²) in [7, 11) is 0. The molecule has 3 aromatic rings. The number of rotatable bonds is 2. The Kier molecular flexibility index (Phi) is 4.21. The summed E-state index contributed by atoms with van der Waals surface area (Å²) in [6.07, 6.45) is -4.68. The number of carbonyl (C=O) groups excluding carboxylic acids is 1. The van der Waals surface area contributed by atoms with Crippen molar-refractivity contribution in [2.24, 2.45) is 0 Å². The predicted octanol–water partition coefficient (Wildman–Crippen LogP) is 4.48. The zero-order valence-electron chi connectivity index (χ0n) is 12.0. The van der Waals surface area contributed by atoms with Crippen LogP contribution in [0.4, 0.5) is 18.2 Å². The molecular weight excluding hydrogens is 383 g/mol. The highest BCUT2D eigenvalue weighted by molar-refractivity contribution is 7.15. The molecule has 0 atom stereocenters. The molecule has 0 fully saturated rings. The molecule has 0 spiro atoms. The highest BCUT2D eigenvalue weighted by Crippen LogP contribution is 2.42. The van der Waals surface area contributed by atoms with Crippen molar-refractivity contribution in [1.29, 1.82) is 0 Å². The van der Waals surface area contributed by atoms with Crippen molar-refractivity contribution in [3.63, 3.8) is 0 Å². The largest absolute Gasteiger partial charge is 0.506 e. The van der Waals surface area contributed by atoms with E-state index >= 15 is 0 Å². The van der Waals surface area contributed by atoms with E-state index in [9.17, 15) is 27.9 Å². The molecule has 0 unspecified atom stereocenters. The second-order valence-electron chi connectivity index (χ2n) is 4.85. The number of halogens is 4. The van der Waals surface area contributed by atoms with Gasteiger partial charge in [-0.2, -0.15) is 13.2 Å². The summed E-state index contributed by atoms with van der Waals surface area (Å²) in [6, 6.07) is 5.96. The Labute approximate surface area is 146 Å². The van der Waals surface area contributed by atoms with Crippen LogP contribution in [-0.2, 0) is 6.18 Å². The number of anilines is 1. The molecule has 0 aliphatic carbocycles. The molecule has 1 amide bonds. The third-order valence-electron chi connectivity index (χ3n) is 3.28. The van der Waals surface area contributed by atoms with Gasteiger partial charge in [0.25, 0.3) is 5.91 Å². The van der Waals surface area contributed by atoms with Gasteiger partial charge in [-0.05, 0) is 12.1 Å². The molecule has 1 aromatic carbocycles. The smallest absolute Gasteiger partial charge is 0.418 e. The van der Waals surface area contributed by atoms with Gasteiger partial charge in [-0.15, -0.1) is 11.3 Å². The van der Waals surface area contributed by atoms with Crippen LogP contribution in [0.3, 0.4) is 0 Å². The third-order valence-corrected chi connectivity index (χ3v) is 4.68. The van der Waals surface area contributed by atoms with Crippen LogP contribution in [0.25, 0.3) is 11.0 Å². The fourth-order valence-electron chi connectivity index (χ4n) is 2.12. The maximum atomic E-state index is 12.7. The lowest BCUT2D eigenvalue weighted by molar-refractivity contribution is -0.137. The monoisotopic (exact) mass is 389 g/mol. The van der Waals surface area contributed by atoms with Crippen LogP contribution in [-0.4, -0.2) is 11.0 Å². The van der Waals surface area contributed by atoms with Crippen LogP contribution < -0.4 is 10.9 Å². The number of carbonyl (C=O) groups is 1. The van der Waals surface area contributed by atoms with Gasteiger partial charge in [-0.3, -0.25) is 4.79 Å². The molecule has 2 N–H and O–H groups in total. The number of benzene rings is 1. The van der Waals surface area contributed by atoms with Crippen molar-refractivity contribution in [3.05, 3.63) is 56.2 Å². The summed E-state index contributed by atoms with van der Waals surface area (Å²) < 4.78 is 43.1. The fraction of sp³-hybridized carbons (Fsp3) is 0.0667. The van der Waals surface area contributed by atoms with E-state index in [-0.39, 0.29) is 16.0 Å². The summed E-state index contributed by atoms with van der Waals surface area (Å²) in [5.41, 5.74) is -2.89. The molecule has 0 aliphatic rings. The predicted molar refractivity (Wildman–Crippen MR) is 86.4 cm³/mol. The minimum Gasteiger partial charge on any atom is -0.506 e. The van der Waals surface area contributed by atoms with Crippen molar-refractivity contribution in [2.45, 2.75) is 6.18 Å². The number of amides is 1. The quantitative estimate of drug-likeness (QED) is 0.633. The molecular formula is C15H7ClF3NO4S. The van der Waals surface area contributed by atoms with Crippen molar-refractivity contribution < 1.29 is 27.5 Å². The molecule has 2 heterocycles. The van der Waals surface area contributed by atoms with Gasteiger partial charge in [0.15, 0.2) is 5.56 Å². The second kappa shape index (κ2) is 6.08. The molecule has 3 rings (SSSR count). The minimum atomic E-state index is -4.68. The first-order valence-corrected chi connectivity index (χ1v) is 7.86. The third kappa shape index (κ3) is 3.08. The highest BCUT2D eigenvalue weighted by atomic mass is 35.5. The normalized spacial score (nSPS) is 11.7. The Morgan fingerprint density at radius 2 is 1.96 bits per heavy atom. The molecule has 2 aromatic heterocycles. The Balaban J connectivity index is 2.02. The summed E-state index contributed by atoms with van der Waals surface area (Å²) in [6.45, 7) is 0. The molecule has 0 radical (unpaired) electrons. The van der Waals surface area contributed by atoms with E-state index in [1.165, 1.54) is 12.1 Å². The van der Waals surface area contributed by atoms with Gasteiger partial charge in [0.2, 0.25) is 0 Å². The number of aromatic hydroxyl groups is 1. The van der Waals surface area contributed by atoms with Crippen molar-refractivity contribution in [2.75, 3.05) is 5.32 Å². The van der Waals surface area contributed by atoms with E-state index in [0.717, 1.165) is 5.38 Å². The van der Waals surface area contributed by atoms with E-state index in [4.69, 9.17) is 16.0 Å². The van der Waals surface area contributed by atoms with Gasteiger partial charge in [0.05, 0.1) is 16.0 Å². The average Bonchev–Trinajstić information content (AvgIpc) is 2.88. The van der Waals surface area contributed by atoms with Crippen molar-refractivity contribution in [3.8, 4) is 5.75 Å². The fourth-order valence-corrected chi connectivity index (χ4v) is 3.38. The first kappa shape index (κ1) is 17.3. The molecule has 0 aliphatic heterocycles. The van der Waals surface area contributed by atoms with Crippen LogP contribution in [0.1, 0.15) is 15.9 Å². The molecule has 10 heteroatoms. The first-order valence-electron chi connectivity index (χ1n) is 6.60. The van der Waals surface area contributed by atoms with Gasteiger partial charge in [-0.25, -0.2) is 4.79 Å². The van der Waals surface area contributed by atoms with Crippen LogP contribution in [0.5, 0.6) is 5.75 Å². The van der Waals surface area contributed by atoms with Crippen LogP contribution in [0.15, 0.2) is 38.9 Å². The van der Waals surface area contributed by atoms with E-state index in [1.807, 2.05) is 0 Å². The van der Waals surface area contributed by atoms with Crippen molar-refractivity contribution >= 4 is 44.8 Å². The zero-order valence-corrected chi connectivity index (χ0v) is 13.6. The van der Waals surface area contributed by atoms with Gasteiger partial charge in [-0.1, -0.05) is 23.7 Å². The summed E-state index contributed by atoms with van der Waals surface area (Å²) in [5, 5.41) is 12.1. The number of para-hydroxylation sites is 1. The van der Waals surface area contributed by atoms with E-state index in [0.29, 0.717) is 11.3 Å². The van der Waals surface area contributed by atoms with E-state index in [1.54, 1.807) is 12.1 Å². The highest BCUT2D eigenvalue weighted by Gasteiger charge is 2.36. The summed E-state index contributed by atoms with van der Waals surface area (Å²) in [5.74, 6) is -1.76. The zero-order chi connectivity index (χ0) is 18.4. The second-order valence-corrected chi connectivity index (χ2v) is 6.11. The standard InChI is InChI=1S/C15H7ClF3NO4S/c16-10-7(15(17,18)19)5-25-13(10)20-12(22)9-11(21)6-3-1-2-4-8(6)24-14(9)23/h1-5,21H,(H,20,22). The van der Waals surface area contributed by atoms with Crippen LogP contribution >= 0.6 is 22.9 Å². The Bertz CT molecular complexity index is 1040. The molecule has 25 heavy (non-hydrogen) atoms. The number of fused-ring (bicyclic) bond motifs is 1. The van der Waals surface area contributed by atoms with Gasteiger partial charge in [0.1, 0.15) is 16.3 Å². The molecule has 0 bridgehead atoms. The van der Waals surface area contributed by atoms with Gasteiger partial charge >= 0.3 is 11.8 Å². The topological polar surface area (TPSA) is 79.5 Å². The maximum absolute atomic E-state index is 12.7. The Morgan fingerprint density at radius 3 is 2.60 bits per heavy atom. The van der Waals surface area contributed by atoms with E-state index < -0.39 is 39.6 Å². The van der Waals surface area contributed by atoms with Gasteiger partial charge in [0, 0.05) is 5.38 Å². The molecule has 5 nitrogen and oxygen atoms in total. The average molecular weight is 390 g/mol. The minimum absolute atomic E-state index is 0.0649. The number of thiophene rings is 1. The van der Waals surface area contributed by atoms with E-state index in [2.05, 4.69) is 5.32 Å². The SMILES string of the molecule is O=C(Nc1scc(C(F)(F)F)c1Cl)c1c(O)c2ccccc2oc1=O. The number of alkyl halides is 3. The van der Waals surface area contributed by atoms with Crippen molar-refractivity contribution in [1.82, 2.24) is 0 Å². The Hall–Kier alpha value is -2.52. The molecule has 0 saturated heterocycles. The van der Waals surface area contributed by atoms with Gasteiger partial charge < -0.3 is 14.8 Å².